The van der Waals surface area contributed by atoms with E-state index in [2.05, 4.69) is 48.2 Å². The van der Waals surface area contributed by atoms with Gasteiger partial charge in [0.05, 0.1) is 0 Å². The lowest BCUT2D eigenvalue weighted by atomic mass is 10.1. The standard InChI is InChI=1S/C16H20N4OS/c1-4-5-9-13-17-18-16-20(13)19-14(22-16)10-21-15-11(2)7-6-8-12(15)3/h6-8H,4-5,9-10H2,1-3H3. The summed E-state index contributed by atoms with van der Waals surface area (Å²) in [5.41, 5.74) is 2.29. The van der Waals surface area contributed by atoms with Gasteiger partial charge in [0.1, 0.15) is 12.4 Å². The Morgan fingerprint density at radius 1 is 1.18 bits per heavy atom. The topological polar surface area (TPSA) is 52.3 Å². The van der Waals surface area contributed by atoms with Gasteiger partial charge >= 0.3 is 0 Å². The molecule has 3 aromatic rings. The number of unbranched alkanes of at least 4 members (excludes halogenated alkanes) is 1. The molecular formula is C16H20N4OS. The summed E-state index contributed by atoms with van der Waals surface area (Å²) in [5, 5.41) is 13.9. The van der Waals surface area contributed by atoms with Crippen LogP contribution >= 0.6 is 11.3 Å². The number of aryl methyl sites for hydroxylation is 3. The molecule has 0 aliphatic carbocycles. The maximum absolute atomic E-state index is 5.96. The first-order valence-corrected chi connectivity index (χ1v) is 8.39. The van der Waals surface area contributed by atoms with Gasteiger partial charge in [0, 0.05) is 6.42 Å². The summed E-state index contributed by atoms with van der Waals surface area (Å²) < 4.78 is 7.81. The molecule has 2 heterocycles. The number of para-hydroxylation sites is 1. The van der Waals surface area contributed by atoms with Gasteiger partial charge in [0.25, 0.3) is 0 Å². The van der Waals surface area contributed by atoms with Crippen LogP contribution < -0.4 is 4.74 Å². The SMILES string of the molecule is CCCCc1nnc2sc(COc3c(C)cccc3C)nn12. The van der Waals surface area contributed by atoms with Crippen LogP contribution in [0.3, 0.4) is 0 Å². The molecule has 22 heavy (non-hydrogen) atoms. The van der Waals surface area contributed by atoms with Crippen molar-refractivity contribution in [2.24, 2.45) is 0 Å². The van der Waals surface area contributed by atoms with Crippen molar-refractivity contribution in [3.05, 3.63) is 40.2 Å². The minimum atomic E-state index is 0.465. The minimum absolute atomic E-state index is 0.465. The number of rotatable bonds is 6. The fourth-order valence-corrected chi connectivity index (χ4v) is 3.17. The third-order valence-corrected chi connectivity index (χ3v) is 4.47. The molecule has 0 aliphatic heterocycles. The van der Waals surface area contributed by atoms with E-state index in [1.54, 1.807) is 0 Å². The van der Waals surface area contributed by atoms with Crippen LogP contribution in [-0.4, -0.2) is 19.8 Å². The molecule has 0 fully saturated rings. The Kier molecular flexibility index (Phi) is 4.38. The average molecular weight is 316 g/mol. The van der Waals surface area contributed by atoms with Crippen LogP contribution in [0.4, 0.5) is 0 Å². The Morgan fingerprint density at radius 3 is 2.68 bits per heavy atom. The fraction of sp³-hybridized carbons (Fsp3) is 0.438. The number of nitrogens with zero attached hydrogens (tertiary/aromatic N) is 4. The molecule has 0 saturated heterocycles. The summed E-state index contributed by atoms with van der Waals surface area (Å²) in [6.07, 6.45) is 3.16. The second kappa shape index (κ2) is 6.44. The third-order valence-electron chi connectivity index (χ3n) is 3.60. The zero-order chi connectivity index (χ0) is 15.5. The van der Waals surface area contributed by atoms with Crippen molar-refractivity contribution in [3.63, 3.8) is 0 Å². The number of aromatic nitrogens is 4. The number of hydrogen-bond donors (Lipinski definition) is 0. The molecule has 2 aromatic heterocycles. The Bertz CT molecular complexity index is 757. The molecule has 0 radical (unpaired) electrons. The van der Waals surface area contributed by atoms with Gasteiger partial charge in [-0.3, -0.25) is 0 Å². The second-order valence-corrected chi connectivity index (χ2v) is 6.46. The summed E-state index contributed by atoms with van der Waals surface area (Å²) in [6, 6.07) is 6.16. The van der Waals surface area contributed by atoms with Gasteiger partial charge in [-0.15, -0.1) is 10.2 Å². The highest BCUT2D eigenvalue weighted by atomic mass is 32.1. The minimum Gasteiger partial charge on any atom is -0.486 e. The number of hydrogen-bond acceptors (Lipinski definition) is 5. The molecule has 0 unspecified atom stereocenters. The van der Waals surface area contributed by atoms with E-state index in [-0.39, 0.29) is 0 Å². The van der Waals surface area contributed by atoms with Crippen LogP contribution in [0.5, 0.6) is 5.75 Å². The van der Waals surface area contributed by atoms with Crippen LogP contribution in [-0.2, 0) is 13.0 Å². The van der Waals surface area contributed by atoms with E-state index in [9.17, 15) is 0 Å². The number of ether oxygens (including phenoxy) is 1. The van der Waals surface area contributed by atoms with Crippen LogP contribution in [0.25, 0.3) is 4.96 Å². The summed E-state index contributed by atoms with van der Waals surface area (Å²) in [5.74, 6) is 1.88. The van der Waals surface area contributed by atoms with Crippen molar-refractivity contribution in [2.75, 3.05) is 0 Å². The van der Waals surface area contributed by atoms with Crippen molar-refractivity contribution in [1.29, 1.82) is 0 Å². The molecule has 6 heteroatoms. The smallest absolute Gasteiger partial charge is 0.234 e. The highest BCUT2D eigenvalue weighted by Crippen LogP contribution is 2.24. The van der Waals surface area contributed by atoms with E-state index < -0.39 is 0 Å². The molecule has 0 bridgehead atoms. The Morgan fingerprint density at radius 2 is 1.95 bits per heavy atom. The summed E-state index contributed by atoms with van der Waals surface area (Å²) in [6.45, 7) is 6.75. The Balaban J connectivity index is 1.76. The van der Waals surface area contributed by atoms with E-state index in [0.717, 1.165) is 51.9 Å². The van der Waals surface area contributed by atoms with Gasteiger partial charge in [-0.1, -0.05) is 42.9 Å². The Labute approximate surface area is 134 Å². The molecule has 116 valence electrons. The van der Waals surface area contributed by atoms with Crippen molar-refractivity contribution in [3.8, 4) is 5.75 Å². The summed E-state index contributed by atoms with van der Waals surface area (Å²) in [4.78, 5) is 0.839. The van der Waals surface area contributed by atoms with Crippen LogP contribution in [0.2, 0.25) is 0 Å². The van der Waals surface area contributed by atoms with Crippen LogP contribution in [0, 0.1) is 13.8 Å². The lowest BCUT2D eigenvalue weighted by Gasteiger charge is -2.10. The first-order valence-electron chi connectivity index (χ1n) is 7.58. The van der Waals surface area contributed by atoms with Crippen LogP contribution in [0.1, 0.15) is 41.7 Å². The zero-order valence-corrected chi connectivity index (χ0v) is 14.0. The van der Waals surface area contributed by atoms with E-state index >= 15 is 0 Å². The predicted molar refractivity (Wildman–Crippen MR) is 87.5 cm³/mol. The lowest BCUT2D eigenvalue weighted by molar-refractivity contribution is 0.300. The highest BCUT2D eigenvalue weighted by Gasteiger charge is 2.12. The third kappa shape index (κ3) is 2.97. The molecule has 0 aliphatic rings. The van der Waals surface area contributed by atoms with Gasteiger partial charge in [-0.05, 0) is 31.4 Å². The molecular weight excluding hydrogens is 296 g/mol. The fourth-order valence-electron chi connectivity index (χ4n) is 2.41. The van der Waals surface area contributed by atoms with Crippen molar-refractivity contribution < 1.29 is 4.74 Å². The van der Waals surface area contributed by atoms with Crippen molar-refractivity contribution >= 4 is 16.3 Å². The van der Waals surface area contributed by atoms with Crippen molar-refractivity contribution in [2.45, 2.75) is 46.6 Å². The van der Waals surface area contributed by atoms with Crippen LogP contribution in [0.15, 0.2) is 18.2 Å². The first-order chi connectivity index (χ1) is 10.7. The quantitative estimate of drug-likeness (QED) is 0.695. The largest absolute Gasteiger partial charge is 0.486 e. The Hall–Kier alpha value is -1.95. The first kappa shape index (κ1) is 15.0. The summed E-state index contributed by atoms with van der Waals surface area (Å²) >= 11 is 1.54. The van der Waals surface area contributed by atoms with Gasteiger partial charge in [0.15, 0.2) is 10.8 Å². The predicted octanol–water partition coefficient (Wildman–Crippen LogP) is 3.72. The average Bonchev–Trinajstić information content (AvgIpc) is 3.05. The number of fused-ring (bicyclic) bond motifs is 1. The maximum Gasteiger partial charge on any atom is 0.234 e. The molecule has 0 amide bonds. The molecule has 0 N–H and O–H groups in total. The lowest BCUT2D eigenvalue weighted by Crippen LogP contribution is -2.01. The van der Waals surface area contributed by atoms with Gasteiger partial charge in [-0.2, -0.15) is 9.61 Å². The van der Waals surface area contributed by atoms with E-state index in [4.69, 9.17) is 4.74 Å². The molecule has 5 nitrogen and oxygen atoms in total. The van der Waals surface area contributed by atoms with Gasteiger partial charge < -0.3 is 4.74 Å². The highest BCUT2D eigenvalue weighted by molar-refractivity contribution is 7.16. The maximum atomic E-state index is 5.96. The summed E-state index contributed by atoms with van der Waals surface area (Å²) in [7, 11) is 0. The molecule has 0 atom stereocenters. The van der Waals surface area contributed by atoms with Gasteiger partial charge in [-0.25, -0.2) is 0 Å². The normalized spacial score (nSPS) is 11.2. The van der Waals surface area contributed by atoms with E-state index in [0.29, 0.717) is 6.61 Å². The monoisotopic (exact) mass is 316 g/mol. The van der Waals surface area contributed by atoms with E-state index in [1.807, 2.05) is 10.6 Å². The van der Waals surface area contributed by atoms with E-state index in [1.165, 1.54) is 11.3 Å². The second-order valence-electron chi connectivity index (χ2n) is 5.42. The zero-order valence-electron chi connectivity index (χ0n) is 13.2. The molecule has 3 rings (SSSR count). The molecule has 0 spiro atoms. The van der Waals surface area contributed by atoms with Crippen molar-refractivity contribution in [1.82, 2.24) is 19.8 Å². The molecule has 0 saturated carbocycles. The molecule has 1 aromatic carbocycles. The number of benzene rings is 1. The van der Waals surface area contributed by atoms with Gasteiger partial charge in [0.2, 0.25) is 4.96 Å².